The first-order valence-corrected chi connectivity index (χ1v) is 7.41. The predicted octanol–water partition coefficient (Wildman–Crippen LogP) is 0.162. The van der Waals surface area contributed by atoms with E-state index >= 15 is 0 Å². The molecule has 8 heteroatoms. The number of rotatable bonds is 7. The van der Waals surface area contributed by atoms with E-state index in [4.69, 9.17) is 10.5 Å². The summed E-state index contributed by atoms with van der Waals surface area (Å²) >= 11 is 0. The molecule has 0 radical (unpaired) electrons. The van der Waals surface area contributed by atoms with Crippen LogP contribution in [0, 0.1) is 5.41 Å². The lowest BCUT2D eigenvalue weighted by Gasteiger charge is -2.29. The number of ether oxygens (including phenoxy) is 1. The van der Waals surface area contributed by atoms with Gasteiger partial charge in [0.25, 0.3) is 0 Å². The predicted molar refractivity (Wildman–Crippen MR) is 79.2 cm³/mol. The van der Waals surface area contributed by atoms with E-state index in [9.17, 15) is 19.5 Å². The fourth-order valence-electron chi connectivity index (χ4n) is 2.69. The number of carbonyl (C=O) groups excluding carboxylic acids is 2. The fraction of sp³-hybridized carbons (Fsp3) is 0.786. The maximum atomic E-state index is 12.3. The van der Waals surface area contributed by atoms with Crippen LogP contribution in [0.5, 0.6) is 0 Å². The van der Waals surface area contributed by atoms with Crippen molar-refractivity contribution >= 4 is 17.9 Å². The first-order chi connectivity index (χ1) is 10.3. The number of methoxy groups -OCH3 is 1. The summed E-state index contributed by atoms with van der Waals surface area (Å²) in [7, 11) is 1.51. The highest BCUT2D eigenvalue weighted by Gasteiger charge is 2.40. The number of carboxylic acids is 1. The Labute approximate surface area is 130 Å². The van der Waals surface area contributed by atoms with Gasteiger partial charge >= 0.3 is 12.0 Å². The zero-order valence-corrected chi connectivity index (χ0v) is 13.3. The minimum absolute atomic E-state index is 0.00774. The maximum Gasteiger partial charge on any atom is 0.318 e. The second kappa shape index (κ2) is 7.44. The number of hydrogen-bond donors (Lipinski definition) is 3. The Kier molecular flexibility index (Phi) is 6.16. The lowest BCUT2D eigenvalue weighted by atomic mass is 9.82. The molecule has 1 heterocycles. The Hall–Kier alpha value is -1.83. The third-order valence-corrected chi connectivity index (χ3v) is 4.57. The van der Waals surface area contributed by atoms with Crippen LogP contribution in [-0.2, 0) is 14.3 Å². The Morgan fingerprint density at radius 2 is 1.95 bits per heavy atom. The van der Waals surface area contributed by atoms with Gasteiger partial charge in [0.2, 0.25) is 5.91 Å². The normalized spacial score (nSPS) is 21.7. The Morgan fingerprint density at radius 3 is 2.36 bits per heavy atom. The number of hydrogen-bond acceptors (Lipinski definition) is 4. The molecule has 1 rings (SSSR count). The van der Waals surface area contributed by atoms with Gasteiger partial charge in [0.05, 0.1) is 11.5 Å². The van der Waals surface area contributed by atoms with Gasteiger partial charge in [-0.15, -0.1) is 0 Å². The van der Waals surface area contributed by atoms with Gasteiger partial charge in [-0.1, -0.05) is 13.8 Å². The molecule has 0 aromatic rings. The molecule has 1 saturated heterocycles. The van der Waals surface area contributed by atoms with E-state index in [1.165, 1.54) is 12.0 Å². The minimum atomic E-state index is -1.00. The van der Waals surface area contributed by atoms with Crippen LogP contribution >= 0.6 is 0 Å². The molecule has 1 fully saturated rings. The van der Waals surface area contributed by atoms with Crippen molar-refractivity contribution in [1.29, 1.82) is 0 Å². The summed E-state index contributed by atoms with van der Waals surface area (Å²) in [5, 5.41) is 12.0. The third kappa shape index (κ3) is 3.68. The number of urea groups is 1. The molecule has 0 saturated carbocycles. The zero-order chi connectivity index (χ0) is 16.9. The Balaban J connectivity index is 2.75. The van der Waals surface area contributed by atoms with Crippen molar-refractivity contribution in [2.75, 3.05) is 20.2 Å². The average molecular weight is 315 g/mol. The molecule has 0 bridgehead atoms. The topological polar surface area (TPSA) is 122 Å². The summed E-state index contributed by atoms with van der Waals surface area (Å²) in [6.07, 6.45) is 0.910. The van der Waals surface area contributed by atoms with Crippen LogP contribution in [0.1, 0.15) is 33.1 Å². The highest BCUT2D eigenvalue weighted by molar-refractivity contribution is 5.87. The molecule has 1 aliphatic rings. The van der Waals surface area contributed by atoms with Crippen molar-refractivity contribution < 1.29 is 24.2 Å². The first-order valence-electron chi connectivity index (χ1n) is 7.41. The molecule has 4 N–H and O–H groups in total. The van der Waals surface area contributed by atoms with E-state index in [0.717, 1.165) is 0 Å². The lowest BCUT2D eigenvalue weighted by Crippen LogP contribution is -2.51. The molecular formula is C14H25N3O5. The second-order valence-electron chi connectivity index (χ2n) is 5.62. The molecule has 0 aliphatic carbocycles. The van der Waals surface area contributed by atoms with Crippen LogP contribution in [0.3, 0.4) is 0 Å². The van der Waals surface area contributed by atoms with Crippen LogP contribution in [0.2, 0.25) is 0 Å². The van der Waals surface area contributed by atoms with Gasteiger partial charge in [-0.25, -0.2) is 4.79 Å². The Morgan fingerprint density at radius 1 is 1.36 bits per heavy atom. The SMILES string of the molecule is CCC(CC)(CNC(=O)N1C[C@@H](OC)C[C@H]1C(N)=O)C(=O)O. The third-order valence-electron chi connectivity index (χ3n) is 4.57. The number of nitrogens with two attached hydrogens (primary N) is 1. The number of carboxylic acid groups (broad SMARTS) is 1. The summed E-state index contributed by atoms with van der Waals surface area (Å²) < 4.78 is 5.17. The van der Waals surface area contributed by atoms with E-state index in [0.29, 0.717) is 19.3 Å². The summed E-state index contributed by atoms with van der Waals surface area (Å²) in [6.45, 7) is 3.81. The number of primary amides is 1. The van der Waals surface area contributed by atoms with Crippen LogP contribution in [-0.4, -0.2) is 60.3 Å². The smallest absolute Gasteiger partial charge is 0.318 e. The monoisotopic (exact) mass is 315 g/mol. The largest absolute Gasteiger partial charge is 0.481 e. The molecule has 8 nitrogen and oxygen atoms in total. The van der Waals surface area contributed by atoms with E-state index in [1.54, 1.807) is 13.8 Å². The molecule has 3 amide bonds. The minimum Gasteiger partial charge on any atom is -0.481 e. The van der Waals surface area contributed by atoms with Crippen molar-refractivity contribution in [2.45, 2.75) is 45.3 Å². The lowest BCUT2D eigenvalue weighted by molar-refractivity contribution is -0.149. The highest BCUT2D eigenvalue weighted by Crippen LogP contribution is 2.26. The molecule has 0 spiro atoms. The maximum absolute atomic E-state index is 12.3. The quantitative estimate of drug-likeness (QED) is 0.618. The molecule has 0 unspecified atom stereocenters. The van der Waals surface area contributed by atoms with Gasteiger partial charge in [0, 0.05) is 26.6 Å². The molecular weight excluding hydrogens is 290 g/mol. The standard InChI is InChI=1S/C14H25N3O5/c1-4-14(5-2,12(19)20)8-16-13(21)17-7-9(22-3)6-10(17)11(15)18/h9-10H,4-8H2,1-3H3,(H2,15,18)(H,16,21)(H,19,20)/t9-,10-/m0/s1. The number of aliphatic carboxylic acids is 1. The fourth-order valence-corrected chi connectivity index (χ4v) is 2.69. The number of nitrogens with one attached hydrogen (secondary N) is 1. The van der Waals surface area contributed by atoms with Gasteiger partial charge < -0.3 is 25.8 Å². The van der Waals surface area contributed by atoms with Gasteiger partial charge in [-0.05, 0) is 12.8 Å². The van der Waals surface area contributed by atoms with E-state index in [1.807, 2.05) is 0 Å². The number of nitrogens with zero attached hydrogens (tertiary/aromatic N) is 1. The molecule has 0 aromatic heterocycles. The van der Waals surface area contributed by atoms with Gasteiger partial charge in [0.15, 0.2) is 0 Å². The van der Waals surface area contributed by atoms with Crippen LogP contribution < -0.4 is 11.1 Å². The van der Waals surface area contributed by atoms with E-state index < -0.39 is 29.4 Å². The molecule has 0 aromatic carbocycles. The summed E-state index contributed by atoms with van der Waals surface area (Å²) in [4.78, 5) is 36.5. The van der Waals surface area contributed by atoms with Crippen molar-refractivity contribution in [3.8, 4) is 0 Å². The average Bonchev–Trinajstić information content (AvgIpc) is 2.93. The van der Waals surface area contributed by atoms with Crippen molar-refractivity contribution in [2.24, 2.45) is 11.1 Å². The van der Waals surface area contributed by atoms with Gasteiger partial charge in [-0.3, -0.25) is 9.59 Å². The molecule has 2 atom stereocenters. The number of likely N-dealkylation sites (tertiary alicyclic amines) is 1. The second-order valence-corrected chi connectivity index (χ2v) is 5.62. The van der Waals surface area contributed by atoms with Crippen LogP contribution in [0.15, 0.2) is 0 Å². The van der Waals surface area contributed by atoms with Crippen LogP contribution in [0.25, 0.3) is 0 Å². The zero-order valence-electron chi connectivity index (χ0n) is 13.3. The van der Waals surface area contributed by atoms with Crippen LogP contribution in [0.4, 0.5) is 4.79 Å². The number of carbonyl (C=O) groups is 3. The molecule has 126 valence electrons. The summed E-state index contributed by atoms with van der Waals surface area (Å²) in [5.74, 6) is -1.54. The van der Waals surface area contributed by atoms with Crippen molar-refractivity contribution in [3.05, 3.63) is 0 Å². The molecule has 22 heavy (non-hydrogen) atoms. The van der Waals surface area contributed by atoms with Gasteiger partial charge in [0.1, 0.15) is 6.04 Å². The first kappa shape index (κ1) is 18.2. The summed E-state index contributed by atoms with van der Waals surface area (Å²) in [6, 6.07) is -1.22. The number of amides is 3. The highest BCUT2D eigenvalue weighted by atomic mass is 16.5. The Bertz CT molecular complexity index is 436. The van der Waals surface area contributed by atoms with Crippen molar-refractivity contribution in [3.63, 3.8) is 0 Å². The summed E-state index contributed by atoms with van der Waals surface area (Å²) in [5.41, 5.74) is 4.31. The van der Waals surface area contributed by atoms with E-state index in [-0.39, 0.29) is 19.2 Å². The van der Waals surface area contributed by atoms with Gasteiger partial charge in [-0.2, -0.15) is 0 Å². The molecule has 1 aliphatic heterocycles. The van der Waals surface area contributed by atoms with E-state index in [2.05, 4.69) is 5.32 Å². The van der Waals surface area contributed by atoms with Crippen molar-refractivity contribution in [1.82, 2.24) is 10.2 Å².